The van der Waals surface area contributed by atoms with E-state index in [1.807, 2.05) is 31.2 Å². The minimum Gasteiger partial charge on any atom is -0.450 e. The van der Waals surface area contributed by atoms with Crippen molar-refractivity contribution in [3.63, 3.8) is 0 Å². The van der Waals surface area contributed by atoms with Crippen LogP contribution in [0.25, 0.3) is 0 Å². The minimum absolute atomic E-state index is 0.0723. The van der Waals surface area contributed by atoms with Gasteiger partial charge in [0, 0.05) is 12.3 Å². The van der Waals surface area contributed by atoms with Gasteiger partial charge < -0.3 is 4.74 Å². The zero-order valence-electron chi connectivity index (χ0n) is 14.8. The molecule has 0 heterocycles. The van der Waals surface area contributed by atoms with E-state index in [1.54, 1.807) is 30.5 Å². The third kappa shape index (κ3) is 4.36. The number of aliphatic imine (C=N–C) groups is 1. The van der Waals surface area contributed by atoms with Gasteiger partial charge in [0.1, 0.15) is 5.75 Å². The molecule has 3 aromatic rings. The van der Waals surface area contributed by atoms with Crippen LogP contribution in [0.4, 0.5) is 17.1 Å². The summed E-state index contributed by atoms with van der Waals surface area (Å²) in [6.07, 6.45) is 1.71. The van der Waals surface area contributed by atoms with E-state index in [0.717, 1.165) is 28.9 Å². The van der Waals surface area contributed by atoms with E-state index in [2.05, 4.69) is 4.99 Å². The van der Waals surface area contributed by atoms with Crippen molar-refractivity contribution in [3.8, 4) is 11.5 Å². The molecule has 0 saturated heterocycles. The van der Waals surface area contributed by atoms with E-state index in [0.29, 0.717) is 5.75 Å². The van der Waals surface area contributed by atoms with Gasteiger partial charge in [0.25, 0.3) is 5.69 Å². The van der Waals surface area contributed by atoms with E-state index < -0.39 is 15.5 Å². The van der Waals surface area contributed by atoms with Crippen molar-refractivity contribution in [2.24, 2.45) is 4.99 Å². The van der Waals surface area contributed by atoms with Gasteiger partial charge in [-0.2, -0.15) is 0 Å². The summed E-state index contributed by atoms with van der Waals surface area (Å²) in [6.45, 7) is 1.97. The molecule has 0 aliphatic carbocycles. The summed E-state index contributed by atoms with van der Waals surface area (Å²) in [4.78, 5) is 25.0. The Morgan fingerprint density at radius 2 is 1.64 bits per heavy atom. The van der Waals surface area contributed by atoms with Gasteiger partial charge in [-0.15, -0.1) is 0 Å². The molecule has 3 rings (SSSR count). The molecule has 0 aliphatic heterocycles. The fraction of sp³-hybridized carbons (Fsp3) is 0.0500. The topological polar surface area (TPSA) is 108 Å². The lowest BCUT2D eigenvalue weighted by atomic mass is 10.2. The average Bonchev–Trinajstić information content (AvgIpc) is 2.68. The van der Waals surface area contributed by atoms with Crippen molar-refractivity contribution >= 4 is 23.3 Å². The van der Waals surface area contributed by atoms with Crippen LogP contribution in [0.3, 0.4) is 0 Å². The first-order valence-corrected chi connectivity index (χ1v) is 8.24. The van der Waals surface area contributed by atoms with Crippen LogP contribution in [-0.2, 0) is 0 Å². The number of ether oxygens (including phenoxy) is 1. The summed E-state index contributed by atoms with van der Waals surface area (Å²) in [5.41, 5.74) is 1.91. The standard InChI is InChI=1S/C20H15N3O5/c1-14-4-2-3-5-18(14)21-13-15-6-9-17(10-7-15)28-20-11-8-16(22(24)25)12-19(20)23(26)27/h2-13H,1H3. The van der Waals surface area contributed by atoms with Gasteiger partial charge in [-0.25, -0.2) is 0 Å². The predicted octanol–water partition coefficient (Wildman–Crippen LogP) is 5.35. The number of hydrogen-bond donors (Lipinski definition) is 0. The number of hydrogen-bond acceptors (Lipinski definition) is 6. The molecule has 0 fully saturated rings. The van der Waals surface area contributed by atoms with Gasteiger partial charge in [-0.1, -0.05) is 18.2 Å². The van der Waals surface area contributed by atoms with Gasteiger partial charge >= 0.3 is 5.69 Å². The van der Waals surface area contributed by atoms with Crippen LogP contribution in [0.2, 0.25) is 0 Å². The zero-order chi connectivity index (χ0) is 20.1. The normalized spacial score (nSPS) is 10.8. The van der Waals surface area contributed by atoms with Crippen molar-refractivity contribution in [3.05, 3.63) is 98.1 Å². The molecular weight excluding hydrogens is 362 g/mol. The third-order valence-corrected chi connectivity index (χ3v) is 3.93. The second kappa shape index (κ2) is 8.09. The molecule has 0 aromatic heterocycles. The van der Waals surface area contributed by atoms with Crippen LogP contribution in [0.1, 0.15) is 11.1 Å². The highest BCUT2D eigenvalue weighted by molar-refractivity contribution is 5.82. The number of para-hydroxylation sites is 1. The number of benzene rings is 3. The van der Waals surface area contributed by atoms with Crippen LogP contribution < -0.4 is 4.74 Å². The first kappa shape index (κ1) is 18.7. The Bertz CT molecular complexity index is 1060. The van der Waals surface area contributed by atoms with Crippen LogP contribution >= 0.6 is 0 Å². The smallest absolute Gasteiger partial charge is 0.318 e. The van der Waals surface area contributed by atoms with Crippen molar-refractivity contribution in [1.82, 2.24) is 0 Å². The monoisotopic (exact) mass is 377 g/mol. The van der Waals surface area contributed by atoms with E-state index in [9.17, 15) is 20.2 Å². The fourth-order valence-electron chi connectivity index (χ4n) is 2.45. The maximum atomic E-state index is 11.2. The fourth-order valence-corrected chi connectivity index (χ4v) is 2.45. The first-order chi connectivity index (χ1) is 13.4. The van der Waals surface area contributed by atoms with E-state index in [1.165, 1.54) is 6.07 Å². The minimum atomic E-state index is -0.717. The van der Waals surface area contributed by atoms with Crippen LogP contribution in [0.15, 0.2) is 71.7 Å². The molecule has 28 heavy (non-hydrogen) atoms. The molecule has 0 saturated carbocycles. The quantitative estimate of drug-likeness (QED) is 0.327. The zero-order valence-corrected chi connectivity index (χ0v) is 14.8. The third-order valence-electron chi connectivity index (χ3n) is 3.93. The summed E-state index contributed by atoms with van der Waals surface area (Å²) < 4.78 is 5.53. The molecule has 0 aliphatic rings. The second-order valence-corrected chi connectivity index (χ2v) is 5.88. The molecule has 140 valence electrons. The highest BCUT2D eigenvalue weighted by Crippen LogP contribution is 2.34. The van der Waals surface area contributed by atoms with Crippen molar-refractivity contribution in [1.29, 1.82) is 0 Å². The highest BCUT2D eigenvalue weighted by atomic mass is 16.6. The number of rotatable bonds is 6. The van der Waals surface area contributed by atoms with Gasteiger partial charge in [-0.3, -0.25) is 25.2 Å². The second-order valence-electron chi connectivity index (χ2n) is 5.88. The SMILES string of the molecule is Cc1ccccc1N=Cc1ccc(Oc2ccc([N+](=O)[O-])cc2[N+](=O)[O-])cc1. The molecular formula is C20H15N3O5. The summed E-state index contributed by atoms with van der Waals surface area (Å²) in [6, 6.07) is 17.8. The van der Waals surface area contributed by atoms with Crippen molar-refractivity contribution in [2.75, 3.05) is 0 Å². The van der Waals surface area contributed by atoms with Gasteiger partial charge in [0.15, 0.2) is 0 Å². The Morgan fingerprint density at radius 1 is 0.929 bits per heavy atom. The largest absolute Gasteiger partial charge is 0.450 e. The van der Waals surface area contributed by atoms with E-state index >= 15 is 0 Å². The summed E-state index contributed by atoms with van der Waals surface area (Å²) in [7, 11) is 0. The predicted molar refractivity (Wildman–Crippen MR) is 105 cm³/mol. The molecule has 0 unspecified atom stereocenters. The summed E-state index contributed by atoms with van der Waals surface area (Å²) in [5, 5.41) is 22.0. The Kier molecular flexibility index (Phi) is 5.40. The van der Waals surface area contributed by atoms with Gasteiger partial charge in [0.2, 0.25) is 5.75 Å². The molecule has 3 aromatic carbocycles. The average molecular weight is 377 g/mol. The molecule has 0 atom stereocenters. The van der Waals surface area contributed by atoms with Crippen LogP contribution in [-0.4, -0.2) is 16.1 Å². The number of nitro groups is 2. The summed E-state index contributed by atoms with van der Waals surface area (Å²) in [5.74, 6) is 0.293. The Balaban J connectivity index is 1.78. The molecule has 8 nitrogen and oxygen atoms in total. The Hall–Kier alpha value is -4.07. The molecule has 8 heteroatoms. The van der Waals surface area contributed by atoms with Gasteiger partial charge in [-0.05, 0) is 54.4 Å². The number of non-ortho nitro benzene ring substituents is 1. The molecule has 0 N–H and O–H groups in total. The number of nitrogens with zero attached hydrogens (tertiary/aromatic N) is 3. The highest BCUT2D eigenvalue weighted by Gasteiger charge is 2.21. The lowest BCUT2D eigenvalue weighted by Crippen LogP contribution is -1.96. The lowest BCUT2D eigenvalue weighted by molar-refractivity contribution is -0.394. The molecule has 0 spiro atoms. The lowest BCUT2D eigenvalue weighted by Gasteiger charge is -2.06. The van der Waals surface area contributed by atoms with E-state index in [4.69, 9.17) is 4.74 Å². The Morgan fingerprint density at radius 3 is 2.29 bits per heavy atom. The molecule has 0 bridgehead atoms. The summed E-state index contributed by atoms with van der Waals surface area (Å²) >= 11 is 0. The number of nitro benzene ring substituents is 2. The van der Waals surface area contributed by atoms with Crippen molar-refractivity contribution < 1.29 is 14.6 Å². The first-order valence-electron chi connectivity index (χ1n) is 8.24. The van der Waals surface area contributed by atoms with Crippen LogP contribution in [0.5, 0.6) is 11.5 Å². The Labute approximate surface area is 160 Å². The number of aryl methyl sites for hydroxylation is 1. The van der Waals surface area contributed by atoms with E-state index in [-0.39, 0.29) is 11.4 Å². The molecule has 0 radical (unpaired) electrons. The maximum Gasteiger partial charge on any atom is 0.318 e. The molecule has 0 amide bonds. The maximum absolute atomic E-state index is 11.2. The van der Waals surface area contributed by atoms with Crippen LogP contribution in [0, 0.1) is 27.2 Å². The van der Waals surface area contributed by atoms with Crippen molar-refractivity contribution in [2.45, 2.75) is 6.92 Å². The van der Waals surface area contributed by atoms with Gasteiger partial charge in [0.05, 0.1) is 21.6 Å².